The fourth-order valence-corrected chi connectivity index (χ4v) is 3.27. The van der Waals surface area contributed by atoms with Crippen LogP contribution < -0.4 is 16.0 Å². The Bertz CT molecular complexity index is 1040. The minimum absolute atomic E-state index is 0.146. The standard InChI is InChI=1S/C22H18BrN3O2S/c23-19-12-5-4-11-18(19)21(28)26-22(29)25-17-10-6-9-16(13-17)20(27)24-14-15-7-2-1-3-8-15/h1-13H,14H2,(H,24,27)(H2,25,26,28,29). The first-order valence-corrected chi connectivity index (χ1v) is 10.0. The number of rotatable bonds is 5. The molecular formula is C22H18BrN3O2S. The summed E-state index contributed by atoms with van der Waals surface area (Å²) >= 11 is 8.56. The minimum atomic E-state index is -0.327. The van der Waals surface area contributed by atoms with E-state index in [0.717, 1.165) is 5.56 Å². The van der Waals surface area contributed by atoms with E-state index in [4.69, 9.17) is 12.2 Å². The average Bonchev–Trinajstić information content (AvgIpc) is 2.73. The lowest BCUT2D eigenvalue weighted by molar-refractivity contribution is 0.0948. The van der Waals surface area contributed by atoms with Crippen molar-refractivity contribution in [1.82, 2.24) is 10.6 Å². The number of nitrogens with one attached hydrogen (secondary N) is 3. The van der Waals surface area contributed by atoms with Gasteiger partial charge in [-0.3, -0.25) is 14.9 Å². The summed E-state index contributed by atoms with van der Waals surface area (Å²) in [5, 5.41) is 8.59. The Balaban J connectivity index is 1.59. The van der Waals surface area contributed by atoms with Crippen LogP contribution in [0.25, 0.3) is 0 Å². The van der Waals surface area contributed by atoms with Crippen LogP contribution in [0.1, 0.15) is 26.3 Å². The number of hydrogen-bond acceptors (Lipinski definition) is 3. The summed E-state index contributed by atoms with van der Waals surface area (Å²) in [5.41, 5.74) is 2.59. The van der Waals surface area contributed by atoms with Gasteiger partial charge in [-0.1, -0.05) is 48.5 Å². The van der Waals surface area contributed by atoms with Crippen LogP contribution in [0.5, 0.6) is 0 Å². The lowest BCUT2D eigenvalue weighted by Crippen LogP contribution is -2.34. The van der Waals surface area contributed by atoms with Crippen molar-refractivity contribution >= 4 is 50.8 Å². The third kappa shape index (κ3) is 5.97. The highest BCUT2D eigenvalue weighted by Gasteiger charge is 2.12. The van der Waals surface area contributed by atoms with Gasteiger partial charge in [-0.05, 0) is 64.0 Å². The van der Waals surface area contributed by atoms with Gasteiger partial charge in [0.2, 0.25) is 0 Å². The Morgan fingerprint density at radius 1 is 0.862 bits per heavy atom. The van der Waals surface area contributed by atoms with Crippen LogP contribution in [0, 0.1) is 0 Å². The van der Waals surface area contributed by atoms with Crippen LogP contribution in [0.2, 0.25) is 0 Å². The largest absolute Gasteiger partial charge is 0.348 e. The van der Waals surface area contributed by atoms with Gasteiger partial charge in [0.15, 0.2) is 5.11 Å². The number of thiocarbonyl (C=S) groups is 1. The first-order chi connectivity index (χ1) is 14.0. The third-order valence-corrected chi connectivity index (χ3v) is 4.92. The molecule has 0 saturated carbocycles. The fourth-order valence-electron chi connectivity index (χ4n) is 2.60. The van der Waals surface area contributed by atoms with E-state index in [-0.39, 0.29) is 16.9 Å². The zero-order chi connectivity index (χ0) is 20.6. The molecule has 146 valence electrons. The molecule has 0 unspecified atom stereocenters. The van der Waals surface area contributed by atoms with Crippen LogP contribution in [-0.4, -0.2) is 16.9 Å². The van der Waals surface area contributed by atoms with E-state index in [9.17, 15) is 9.59 Å². The van der Waals surface area contributed by atoms with Crippen molar-refractivity contribution in [3.63, 3.8) is 0 Å². The predicted octanol–water partition coefficient (Wildman–Crippen LogP) is 4.51. The van der Waals surface area contributed by atoms with Crippen molar-refractivity contribution in [3.8, 4) is 0 Å². The number of benzene rings is 3. The molecule has 0 aliphatic rings. The van der Waals surface area contributed by atoms with Crippen LogP contribution in [-0.2, 0) is 6.54 Å². The number of halogens is 1. The molecule has 3 aromatic rings. The fraction of sp³-hybridized carbons (Fsp3) is 0.0455. The minimum Gasteiger partial charge on any atom is -0.348 e. The molecular weight excluding hydrogens is 450 g/mol. The van der Waals surface area contributed by atoms with Crippen molar-refractivity contribution < 1.29 is 9.59 Å². The summed E-state index contributed by atoms with van der Waals surface area (Å²) in [6, 6.07) is 23.7. The van der Waals surface area contributed by atoms with E-state index in [0.29, 0.717) is 27.8 Å². The molecule has 0 radical (unpaired) electrons. The van der Waals surface area contributed by atoms with E-state index in [1.165, 1.54) is 0 Å². The van der Waals surface area contributed by atoms with Crippen molar-refractivity contribution in [2.24, 2.45) is 0 Å². The van der Waals surface area contributed by atoms with Gasteiger partial charge < -0.3 is 10.6 Å². The van der Waals surface area contributed by atoms with E-state index in [1.54, 1.807) is 42.5 Å². The molecule has 0 fully saturated rings. The van der Waals surface area contributed by atoms with E-state index >= 15 is 0 Å². The molecule has 0 aliphatic heterocycles. The predicted molar refractivity (Wildman–Crippen MR) is 122 cm³/mol. The number of carbonyl (C=O) groups excluding carboxylic acids is 2. The van der Waals surface area contributed by atoms with Gasteiger partial charge in [0.1, 0.15) is 0 Å². The summed E-state index contributed by atoms with van der Waals surface area (Å²) < 4.78 is 0.678. The molecule has 3 N–H and O–H groups in total. The molecule has 0 heterocycles. The number of carbonyl (C=O) groups is 2. The SMILES string of the molecule is O=C(NCc1ccccc1)c1cccc(NC(=S)NC(=O)c2ccccc2Br)c1. The Kier molecular flexibility index (Phi) is 7.10. The maximum Gasteiger partial charge on any atom is 0.258 e. The molecule has 0 aromatic heterocycles. The summed E-state index contributed by atoms with van der Waals surface area (Å²) in [7, 11) is 0. The molecule has 2 amide bonds. The monoisotopic (exact) mass is 467 g/mol. The molecule has 0 aliphatic carbocycles. The van der Waals surface area contributed by atoms with Crippen LogP contribution in [0.4, 0.5) is 5.69 Å². The molecule has 0 saturated heterocycles. The average molecular weight is 468 g/mol. The number of anilines is 1. The van der Waals surface area contributed by atoms with E-state index < -0.39 is 0 Å². The lowest BCUT2D eigenvalue weighted by Gasteiger charge is -2.11. The normalized spacial score (nSPS) is 10.1. The summed E-state index contributed by atoms with van der Waals surface area (Å²) in [5.74, 6) is -0.521. The molecule has 0 atom stereocenters. The second-order valence-corrected chi connectivity index (χ2v) is 7.40. The maximum atomic E-state index is 12.4. The highest BCUT2D eigenvalue weighted by Crippen LogP contribution is 2.16. The Labute approximate surface area is 182 Å². The number of amides is 2. The van der Waals surface area contributed by atoms with Crippen LogP contribution >= 0.6 is 28.1 Å². The van der Waals surface area contributed by atoms with Gasteiger partial charge in [-0.15, -0.1) is 0 Å². The topological polar surface area (TPSA) is 70.2 Å². The van der Waals surface area contributed by atoms with Crippen molar-refractivity contribution in [1.29, 1.82) is 0 Å². The highest BCUT2D eigenvalue weighted by molar-refractivity contribution is 9.10. The molecule has 7 heteroatoms. The van der Waals surface area contributed by atoms with Gasteiger partial charge in [-0.25, -0.2) is 0 Å². The molecule has 0 bridgehead atoms. The van der Waals surface area contributed by atoms with Gasteiger partial charge in [-0.2, -0.15) is 0 Å². The van der Waals surface area contributed by atoms with E-state index in [1.807, 2.05) is 36.4 Å². The maximum absolute atomic E-state index is 12.4. The highest BCUT2D eigenvalue weighted by atomic mass is 79.9. The number of hydrogen-bond donors (Lipinski definition) is 3. The second kappa shape index (κ2) is 9.95. The molecule has 3 rings (SSSR count). The van der Waals surface area contributed by atoms with Crippen molar-refractivity contribution in [2.45, 2.75) is 6.54 Å². The van der Waals surface area contributed by atoms with Crippen molar-refractivity contribution in [3.05, 3.63) is 100 Å². The quantitative estimate of drug-likeness (QED) is 0.482. The summed E-state index contributed by atoms with van der Waals surface area (Å²) in [4.78, 5) is 24.7. The molecule has 29 heavy (non-hydrogen) atoms. The van der Waals surface area contributed by atoms with Crippen molar-refractivity contribution in [2.75, 3.05) is 5.32 Å². The van der Waals surface area contributed by atoms with Gasteiger partial charge in [0.25, 0.3) is 11.8 Å². The summed E-state index contributed by atoms with van der Waals surface area (Å²) in [6.45, 7) is 0.442. The Hall–Kier alpha value is -3.03. The molecule has 3 aromatic carbocycles. The van der Waals surface area contributed by atoms with Crippen LogP contribution in [0.15, 0.2) is 83.3 Å². The first kappa shape index (κ1) is 20.7. The van der Waals surface area contributed by atoms with Gasteiger partial charge >= 0.3 is 0 Å². The zero-order valence-electron chi connectivity index (χ0n) is 15.3. The third-order valence-electron chi connectivity index (χ3n) is 4.02. The molecule has 5 nitrogen and oxygen atoms in total. The van der Waals surface area contributed by atoms with Gasteiger partial charge in [0.05, 0.1) is 5.56 Å². The Morgan fingerprint density at radius 2 is 1.59 bits per heavy atom. The Morgan fingerprint density at radius 3 is 2.34 bits per heavy atom. The van der Waals surface area contributed by atoms with E-state index in [2.05, 4.69) is 31.9 Å². The van der Waals surface area contributed by atoms with Gasteiger partial charge in [0, 0.05) is 22.3 Å². The molecule has 0 spiro atoms. The second-order valence-electron chi connectivity index (χ2n) is 6.14. The zero-order valence-corrected chi connectivity index (χ0v) is 17.7. The first-order valence-electron chi connectivity index (χ1n) is 8.82. The smallest absolute Gasteiger partial charge is 0.258 e. The summed E-state index contributed by atoms with van der Waals surface area (Å²) in [6.07, 6.45) is 0. The van der Waals surface area contributed by atoms with Crippen LogP contribution in [0.3, 0.4) is 0 Å². The lowest BCUT2D eigenvalue weighted by atomic mass is 10.1.